The molecule has 0 fully saturated rings. The fourth-order valence-corrected chi connectivity index (χ4v) is 1.58. The molecule has 0 amide bonds. The smallest absolute Gasteiger partial charge is 0.304 e. The average molecular weight is 238 g/mol. The summed E-state index contributed by atoms with van der Waals surface area (Å²) in [6.07, 6.45) is -0.0273. The highest BCUT2D eigenvalue weighted by molar-refractivity contribution is 5.67. The van der Waals surface area contributed by atoms with Gasteiger partial charge in [0.15, 0.2) is 0 Å². The monoisotopic (exact) mass is 238 g/mol. The number of nitrogens with two attached hydrogens (primary N) is 1. The molecule has 0 aliphatic rings. The molecule has 5 heteroatoms. The molecule has 1 unspecified atom stereocenters. The molecule has 0 aliphatic carbocycles. The van der Waals surface area contributed by atoms with Crippen molar-refractivity contribution < 1.29 is 14.6 Å². The van der Waals surface area contributed by atoms with Crippen molar-refractivity contribution in [2.24, 2.45) is 5.73 Å². The van der Waals surface area contributed by atoms with E-state index in [9.17, 15) is 4.79 Å². The number of benzene rings is 1. The normalized spacial score (nSPS) is 11.9. The molecule has 1 rings (SSSR count). The second-order valence-corrected chi connectivity index (χ2v) is 3.94. The maximum absolute atomic E-state index is 10.5. The van der Waals surface area contributed by atoms with Crippen molar-refractivity contribution in [1.29, 1.82) is 0 Å². The quantitative estimate of drug-likeness (QED) is 0.771. The maximum atomic E-state index is 10.5. The lowest BCUT2D eigenvalue weighted by atomic mass is 10.2. The first kappa shape index (κ1) is 13.3. The number of nitrogens with zero attached hydrogens (tertiary/aromatic N) is 1. The molecule has 0 aliphatic heterocycles. The summed E-state index contributed by atoms with van der Waals surface area (Å²) in [6, 6.07) is 7.15. The van der Waals surface area contributed by atoms with Crippen molar-refractivity contribution in [3.63, 3.8) is 0 Å². The van der Waals surface area contributed by atoms with Crippen LogP contribution in [0.4, 0.5) is 5.69 Å². The van der Waals surface area contributed by atoms with Crippen LogP contribution in [0.2, 0.25) is 0 Å². The zero-order valence-corrected chi connectivity index (χ0v) is 10.1. The molecule has 0 spiro atoms. The Morgan fingerprint density at radius 3 is 2.53 bits per heavy atom. The minimum absolute atomic E-state index is 0.0273. The summed E-state index contributed by atoms with van der Waals surface area (Å²) in [5.74, 6) is -0.0855. The van der Waals surface area contributed by atoms with Gasteiger partial charge in [-0.05, 0) is 24.3 Å². The van der Waals surface area contributed by atoms with Gasteiger partial charge in [0.05, 0.1) is 13.5 Å². The fourth-order valence-electron chi connectivity index (χ4n) is 1.58. The number of anilines is 1. The van der Waals surface area contributed by atoms with Crippen LogP contribution in [0, 0.1) is 0 Å². The van der Waals surface area contributed by atoms with E-state index in [-0.39, 0.29) is 12.5 Å². The Bertz CT molecular complexity index is 365. The molecule has 94 valence electrons. The number of rotatable bonds is 6. The minimum Gasteiger partial charge on any atom is -0.497 e. The third-order valence-corrected chi connectivity index (χ3v) is 2.46. The summed E-state index contributed by atoms with van der Waals surface area (Å²) in [6.45, 7) is 0.499. The van der Waals surface area contributed by atoms with Gasteiger partial charge in [0, 0.05) is 25.3 Å². The molecule has 0 radical (unpaired) electrons. The van der Waals surface area contributed by atoms with Gasteiger partial charge < -0.3 is 20.5 Å². The second kappa shape index (κ2) is 6.10. The zero-order chi connectivity index (χ0) is 12.8. The van der Waals surface area contributed by atoms with Crippen LogP contribution in [0.1, 0.15) is 6.42 Å². The van der Waals surface area contributed by atoms with Crippen LogP contribution >= 0.6 is 0 Å². The van der Waals surface area contributed by atoms with Crippen molar-refractivity contribution in [2.45, 2.75) is 12.5 Å². The van der Waals surface area contributed by atoms with Gasteiger partial charge in [-0.15, -0.1) is 0 Å². The fraction of sp³-hybridized carbons (Fsp3) is 0.417. The van der Waals surface area contributed by atoms with Gasteiger partial charge >= 0.3 is 5.97 Å². The summed E-state index contributed by atoms with van der Waals surface area (Å²) in [4.78, 5) is 12.4. The number of likely N-dealkylation sites (N-methyl/N-ethyl adjacent to an activating group) is 1. The van der Waals surface area contributed by atoms with Crippen LogP contribution in [-0.4, -0.2) is 37.8 Å². The lowest BCUT2D eigenvalue weighted by molar-refractivity contribution is -0.137. The van der Waals surface area contributed by atoms with E-state index in [2.05, 4.69) is 0 Å². The number of methoxy groups -OCH3 is 1. The first-order chi connectivity index (χ1) is 8.02. The molecular weight excluding hydrogens is 220 g/mol. The van der Waals surface area contributed by atoms with Gasteiger partial charge in [-0.1, -0.05) is 0 Å². The molecule has 0 saturated carbocycles. The Balaban J connectivity index is 2.56. The predicted molar refractivity (Wildman–Crippen MR) is 66.5 cm³/mol. The standard InChI is InChI=1S/C12H18N2O3/c1-14(8-9(13)7-12(15)16)10-3-5-11(17-2)6-4-10/h3-6,9H,7-8,13H2,1-2H3,(H,15,16). The Morgan fingerprint density at radius 1 is 1.47 bits per heavy atom. The number of carboxylic acid groups (broad SMARTS) is 1. The molecule has 0 bridgehead atoms. The summed E-state index contributed by atoms with van der Waals surface area (Å²) in [7, 11) is 3.49. The first-order valence-electron chi connectivity index (χ1n) is 5.35. The van der Waals surface area contributed by atoms with Crippen molar-refractivity contribution >= 4 is 11.7 Å². The van der Waals surface area contributed by atoms with Crippen molar-refractivity contribution in [3.8, 4) is 5.75 Å². The first-order valence-corrected chi connectivity index (χ1v) is 5.35. The molecule has 1 aromatic rings. The van der Waals surface area contributed by atoms with Crippen LogP contribution in [0.25, 0.3) is 0 Å². The van der Waals surface area contributed by atoms with E-state index >= 15 is 0 Å². The van der Waals surface area contributed by atoms with E-state index in [1.54, 1.807) is 7.11 Å². The average Bonchev–Trinajstić information content (AvgIpc) is 2.28. The van der Waals surface area contributed by atoms with Gasteiger partial charge in [0.1, 0.15) is 5.75 Å². The van der Waals surface area contributed by atoms with Crippen LogP contribution in [0.3, 0.4) is 0 Å². The molecule has 0 heterocycles. The second-order valence-electron chi connectivity index (χ2n) is 3.94. The van der Waals surface area contributed by atoms with Crippen LogP contribution in [-0.2, 0) is 4.79 Å². The van der Waals surface area contributed by atoms with Gasteiger partial charge in [0.25, 0.3) is 0 Å². The Labute approximate surface area is 101 Å². The Morgan fingerprint density at radius 2 is 2.06 bits per heavy atom. The molecule has 1 atom stereocenters. The van der Waals surface area contributed by atoms with E-state index in [4.69, 9.17) is 15.6 Å². The highest BCUT2D eigenvalue weighted by atomic mass is 16.5. The zero-order valence-electron chi connectivity index (χ0n) is 10.1. The topological polar surface area (TPSA) is 75.8 Å². The van der Waals surface area contributed by atoms with E-state index < -0.39 is 5.97 Å². The number of ether oxygens (including phenoxy) is 1. The van der Waals surface area contributed by atoms with E-state index in [0.29, 0.717) is 6.54 Å². The van der Waals surface area contributed by atoms with Gasteiger partial charge in [-0.2, -0.15) is 0 Å². The highest BCUT2D eigenvalue weighted by Crippen LogP contribution is 2.18. The van der Waals surface area contributed by atoms with Crippen LogP contribution in [0.15, 0.2) is 24.3 Å². The number of carboxylic acids is 1. The van der Waals surface area contributed by atoms with Crippen molar-refractivity contribution in [3.05, 3.63) is 24.3 Å². The van der Waals surface area contributed by atoms with Gasteiger partial charge in [-0.3, -0.25) is 4.79 Å². The maximum Gasteiger partial charge on any atom is 0.304 e. The molecule has 3 N–H and O–H groups in total. The third-order valence-electron chi connectivity index (χ3n) is 2.46. The van der Waals surface area contributed by atoms with E-state index in [1.165, 1.54) is 0 Å². The van der Waals surface area contributed by atoms with Crippen LogP contribution in [0.5, 0.6) is 5.75 Å². The molecule has 5 nitrogen and oxygen atoms in total. The third kappa shape index (κ3) is 4.32. The van der Waals surface area contributed by atoms with Crippen LogP contribution < -0.4 is 15.4 Å². The number of aliphatic carboxylic acids is 1. The number of carbonyl (C=O) groups is 1. The lowest BCUT2D eigenvalue weighted by Crippen LogP contribution is -2.36. The summed E-state index contributed by atoms with van der Waals surface area (Å²) in [5, 5.41) is 8.62. The van der Waals surface area contributed by atoms with E-state index in [1.807, 2.05) is 36.2 Å². The van der Waals surface area contributed by atoms with Gasteiger partial charge in [0.2, 0.25) is 0 Å². The molecule has 0 aromatic heterocycles. The highest BCUT2D eigenvalue weighted by Gasteiger charge is 2.11. The largest absolute Gasteiger partial charge is 0.497 e. The SMILES string of the molecule is COc1ccc(N(C)CC(N)CC(=O)O)cc1. The molecule has 1 aromatic carbocycles. The predicted octanol–water partition coefficient (Wildman–Crippen LogP) is 0.933. The van der Waals surface area contributed by atoms with E-state index in [0.717, 1.165) is 11.4 Å². The lowest BCUT2D eigenvalue weighted by Gasteiger charge is -2.22. The number of hydrogen-bond acceptors (Lipinski definition) is 4. The van der Waals surface area contributed by atoms with Crippen molar-refractivity contribution in [1.82, 2.24) is 0 Å². The Hall–Kier alpha value is -1.75. The molecule has 17 heavy (non-hydrogen) atoms. The van der Waals surface area contributed by atoms with Crippen molar-refractivity contribution in [2.75, 3.05) is 25.6 Å². The summed E-state index contributed by atoms with van der Waals surface area (Å²) < 4.78 is 5.06. The summed E-state index contributed by atoms with van der Waals surface area (Å²) in [5.41, 5.74) is 6.70. The molecule has 0 saturated heterocycles. The molecular formula is C12H18N2O3. The summed E-state index contributed by atoms with van der Waals surface area (Å²) >= 11 is 0. The minimum atomic E-state index is -0.874. The number of hydrogen-bond donors (Lipinski definition) is 2. The Kier molecular flexibility index (Phi) is 4.78. The van der Waals surface area contributed by atoms with Gasteiger partial charge in [-0.25, -0.2) is 0 Å².